The van der Waals surface area contributed by atoms with E-state index in [1.165, 1.54) is 13.0 Å². The van der Waals surface area contributed by atoms with Crippen LogP contribution in [-0.2, 0) is 23.8 Å². The maximum Gasteiger partial charge on any atom is 0.416 e. The average molecular weight is 483 g/mol. The van der Waals surface area contributed by atoms with Gasteiger partial charge in [0.15, 0.2) is 5.78 Å². The van der Waals surface area contributed by atoms with Gasteiger partial charge < -0.3 is 4.74 Å². The molecule has 0 aromatic heterocycles. The Labute approximate surface area is 203 Å². The van der Waals surface area contributed by atoms with E-state index in [2.05, 4.69) is 0 Å². The summed E-state index contributed by atoms with van der Waals surface area (Å²) in [6.45, 7) is 3.45. The van der Waals surface area contributed by atoms with Crippen LogP contribution in [0.15, 0.2) is 66.7 Å². The lowest BCUT2D eigenvalue weighted by atomic mass is 9.99. The van der Waals surface area contributed by atoms with E-state index >= 15 is 0 Å². The minimum Gasteiger partial charge on any atom is -0.457 e. The molecule has 0 heterocycles. The van der Waals surface area contributed by atoms with Crippen molar-refractivity contribution in [3.05, 3.63) is 94.5 Å². The summed E-state index contributed by atoms with van der Waals surface area (Å²) in [5.41, 5.74) is 1.36. The number of ether oxygens (including phenoxy) is 1. The van der Waals surface area contributed by atoms with Crippen molar-refractivity contribution < 1.29 is 27.5 Å². The zero-order valence-electron chi connectivity index (χ0n) is 20.0. The van der Waals surface area contributed by atoms with Gasteiger partial charge >= 0.3 is 6.18 Å². The maximum absolute atomic E-state index is 13.1. The zero-order chi connectivity index (χ0) is 25.4. The monoisotopic (exact) mass is 482 g/mol. The van der Waals surface area contributed by atoms with Crippen LogP contribution < -0.4 is 4.74 Å². The summed E-state index contributed by atoms with van der Waals surface area (Å²) in [6, 6.07) is 18.4. The fourth-order valence-corrected chi connectivity index (χ4v) is 3.76. The molecule has 3 aromatic rings. The van der Waals surface area contributed by atoms with Crippen LogP contribution in [0.4, 0.5) is 13.2 Å². The zero-order valence-corrected chi connectivity index (χ0v) is 20.0. The average Bonchev–Trinajstić information content (AvgIpc) is 2.83. The van der Waals surface area contributed by atoms with E-state index in [-0.39, 0.29) is 30.0 Å². The SMILES string of the molecule is CCCCC(=O)c1cccc(Oc2ccc(CCC(=O)Cc3ccc(C)c(C(F)(F)F)c3)cc2)c1. The molecule has 3 rings (SSSR count). The van der Waals surface area contributed by atoms with Gasteiger partial charge in [-0.3, -0.25) is 9.59 Å². The number of hydrogen-bond donors (Lipinski definition) is 0. The third kappa shape index (κ3) is 7.81. The van der Waals surface area contributed by atoms with Crippen LogP contribution in [-0.4, -0.2) is 11.6 Å². The van der Waals surface area contributed by atoms with E-state index in [0.717, 1.165) is 24.5 Å². The molecule has 0 saturated carbocycles. The lowest BCUT2D eigenvalue weighted by Gasteiger charge is -2.12. The second-order valence-corrected chi connectivity index (χ2v) is 8.66. The molecule has 0 spiro atoms. The number of alkyl halides is 3. The molecular weight excluding hydrogens is 453 g/mol. The number of aryl methyl sites for hydroxylation is 2. The van der Waals surface area contributed by atoms with Crippen molar-refractivity contribution in [1.82, 2.24) is 0 Å². The van der Waals surface area contributed by atoms with Crippen molar-refractivity contribution in [3.8, 4) is 11.5 Å². The summed E-state index contributed by atoms with van der Waals surface area (Å²) in [4.78, 5) is 24.6. The second-order valence-electron chi connectivity index (χ2n) is 8.66. The van der Waals surface area contributed by atoms with Crippen molar-refractivity contribution >= 4 is 11.6 Å². The highest BCUT2D eigenvalue weighted by molar-refractivity contribution is 5.96. The lowest BCUT2D eigenvalue weighted by Crippen LogP contribution is -2.10. The second kappa shape index (κ2) is 11.8. The minimum atomic E-state index is -4.43. The van der Waals surface area contributed by atoms with Gasteiger partial charge in [0.25, 0.3) is 0 Å². The van der Waals surface area contributed by atoms with Crippen molar-refractivity contribution in [2.24, 2.45) is 0 Å². The van der Waals surface area contributed by atoms with E-state index < -0.39 is 11.7 Å². The van der Waals surface area contributed by atoms with Gasteiger partial charge in [-0.15, -0.1) is 0 Å². The third-order valence-corrected chi connectivity index (χ3v) is 5.77. The largest absolute Gasteiger partial charge is 0.457 e. The molecule has 0 amide bonds. The van der Waals surface area contributed by atoms with Gasteiger partial charge in [-0.1, -0.05) is 49.7 Å². The summed E-state index contributed by atoms with van der Waals surface area (Å²) in [5.74, 6) is 1.16. The standard InChI is InChI=1S/C29H29F3O3/c1-3-4-8-28(34)23-6-5-7-26(19-23)35-25-15-12-21(13-16-25)11-14-24(33)17-22-10-9-20(2)27(18-22)29(30,31)32/h5-7,9-10,12-13,15-16,18-19H,3-4,8,11,14,17H2,1-2H3. The van der Waals surface area contributed by atoms with Crippen molar-refractivity contribution in [2.45, 2.75) is 58.5 Å². The highest BCUT2D eigenvalue weighted by atomic mass is 19.4. The Morgan fingerprint density at radius 3 is 2.26 bits per heavy atom. The number of halogens is 3. The molecule has 0 unspecified atom stereocenters. The lowest BCUT2D eigenvalue weighted by molar-refractivity contribution is -0.138. The number of benzene rings is 3. The van der Waals surface area contributed by atoms with Gasteiger partial charge in [-0.2, -0.15) is 13.2 Å². The number of Topliss-reactive ketones (excluding diaryl/α,β-unsaturated/α-hetero) is 2. The molecular formula is C29H29F3O3. The Bertz CT molecular complexity index is 1160. The molecule has 6 heteroatoms. The summed E-state index contributed by atoms with van der Waals surface area (Å²) in [7, 11) is 0. The Kier molecular flexibility index (Phi) is 8.85. The normalized spacial score (nSPS) is 11.3. The summed E-state index contributed by atoms with van der Waals surface area (Å²) < 4.78 is 45.2. The fourth-order valence-electron chi connectivity index (χ4n) is 3.76. The molecule has 0 bridgehead atoms. The number of hydrogen-bond acceptors (Lipinski definition) is 3. The third-order valence-electron chi connectivity index (χ3n) is 5.77. The van der Waals surface area contributed by atoms with E-state index in [9.17, 15) is 22.8 Å². The number of carbonyl (C=O) groups is 2. The van der Waals surface area contributed by atoms with Crippen LogP contribution >= 0.6 is 0 Å². The van der Waals surface area contributed by atoms with E-state index in [1.807, 2.05) is 19.1 Å². The predicted octanol–water partition coefficient (Wildman–Crippen LogP) is 7.92. The van der Waals surface area contributed by atoms with Gasteiger partial charge in [0.05, 0.1) is 5.56 Å². The summed E-state index contributed by atoms with van der Waals surface area (Å²) >= 11 is 0. The fraction of sp³-hybridized carbons (Fsp3) is 0.310. The molecule has 0 aliphatic rings. The van der Waals surface area contributed by atoms with E-state index in [1.54, 1.807) is 42.5 Å². The predicted molar refractivity (Wildman–Crippen MR) is 130 cm³/mol. The Morgan fingerprint density at radius 1 is 0.857 bits per heavy atom. The maximum atomic E-state index is 13.1. The smallest absolute Gasteiger partial charge is 0.416 e. The van der Waals surface area contributed by atoms with Gasteiger partial charge in [0, 0.05) is 24.8 Å². The highest BCUT2D eigenvalue weighted by Gasteiger charge is 2.32. The van der Waals surface area contributed by atoms with E-state index in [4.69, 9.17) is 4.74 Å². The van der Waals surface area contributed by atoms with Gasteiger partial charge in [-0.05, 0) is 66.8 Å². The van der Waals surface area contributed by atoms with Crippen LogP contribution in [0.2, 0.25) is 0 Å². The molecule has 0 saturated heterocycles. The number of carbonyl (C=O) groups excluding carboxylic acids is 2. The van der Waals surface area contributed by atoms with Crippen LogP contribution in [0.25, 0.3) is 0 Å². The molecule has 0 radical (unpaired) electrons. The van der Waals surface area contributed by atoms with Gasteiger partial charge in [0.2, 0.25) is 0 Å². The Hall–Kier alpha value is -3.41. The Morgan fingerprint density at radius 2 is 1.57 bits per heavy atom. The molecule has 3 nitrogen and oxygen atoms in total. The first-order valence-corrected chi connectivity index (χ1v) is 11.7. The van der Waals surface area contributed by atoms with Crippen molar-refractivity contribution in [2.75, 3.05) is 0 Å². The summed E-state index contributed by atoms with van der Waals surface area (Å²) in [5, 5.41) is 0. The number of rotatable bonds is 11. The quantitative estimate of drug-likeness (QED) is 0.261. The minimum absolute atomic E-state index is 0.0299. The number of unbranched alkanes of at least 4 members (excludes halogenated alkanes) is 1. The van der Waals surface area contributed by atoms with Crippen molar-refractivity contribution in [3.63, 3.8) is 0 Å². The first kappa shape index (κ1) is 26.2. The Balaban J connectivity index is 1.54. The molecule has 35 heavy (non-hydrogen) atoms. The van der Waals surface area contributed by atoms with Crippen LogP contribution in [0.3, 0.4) is 0 Å². The van der Waals surface area contributed by atoms with Crippen LogP contribution in [0, 0.1) is 6.92 Å². The van der Waals surface area contributed by atoms with Gasteiger partial charge in [0.1, 0.15) is 17.3 Å². The molecule has 0 N–H and O–H groups in total. The van der Waals surface area contributed by atoms with Crippen LogP contribution in [0.1, 0.15) is 65.2 Å². The topological polar surface area (TPSA) is 43.4 Å². The van der Waals surface area contributed by atoms with E-state index in [0.29, 0.717) is 35.5 Å². The molecule has 0 atom stereocenters. The molecule has 184 valence electrons. The molecule has 3 aromatic carbocycles. The first-order chi connectivity index (χ1) is 16.7. The van der Waals surface area contributed by atoms with Gasteiger partial charge in [-0.25, -0.2) is 0 Å². The molecule has 0 aliphatic heterocycles. The first-order valence-electron chi connectivity index (χ1n) is 11.7. The molecule has 0 fully saturated rings. The highest BCUT2D eigenvalue weighted by Crippen LogP contribution is 2.32. The van der Waals surface area contributed by atoms with Crippen molar-refractivity contribution in [1.29, 1.82) is 0 Å². The summed E-state index contributed by atoms with van der Waals surface area (Å²) in [6.07, 6.45) is -1.41. The molecule has 0 aliphatic carbocycles. The number of ketones is 2. The van der Waals surface area contributed by atoms with Crippen LogP contribution in [0.5, 0.6) is 11.5 Å².